The smallest absolute Gasteiger partial charge is 0.362 e. The van der Waals surface area contributed by atoms with E-state index in [0.717, 1.165) is 51.4 Å². The van der Waals surface area contributed by atoms with E-state index < -0.39 is 18.1 Å². The van der Waals surface area contributed by atoms with Gasteiger partial charge in [0.1, 0.15) is 6.61 Å². The van der Waals surface area contributed by atoms with Crippen molar-refractivity contribution in [1.29, 1.82) is 0 Å². The molecule has 2 unspecified atom stereocenters. The number of carboxylic acid groups (broad SMARTS) is 1. The molecule has 0 aromatic carbocycles. The third-order valence-electron chi connectivity index (χ3n) is 7.13. The van der Waals surface area contributed by atoms with E-state index in [0.29, 0.717) is 19.3 Å². The highest BCUT2D eigenvalue weighted by Gasteiger charge is 2.31. The van der Waals surface area contributed by atoms with Gasteiger partial charge in [-0.25, -0.2) is 4.79 Å². The summed E-state index contributed by atoms with van der Waals surface area (Å²) in [6.07, 6.45) is 37.9. The van der Waals surface area contributed by atoms with Gasteiger partial charge in [-0.05, 0) is 57.8 Å². The van der Waals surface area contributed by atoms with Crippen LogP contribution in [0.3, 0.4) is 0 Å². The molecule has 0 rings (SSSR count). The number of aliphatic carboxylic acids is 1. The standard InChI is InChI=1S/C40H63NO7/c1-6-8-10-12-14-16-18-19-21-23-25-27-29-31-39(43)48-36(34-46-33-32-37(40(44)45)41(3,4)5)35-47-38(42)30-28-26-24-22-20-17-15-13-11-9-7-2/h8-12,14-19,21-22,24,36-37H,6-7,13,20,23,25-35H2,1-5H3/p+1/b10-8+,11-9+,14-12+,17-15+,18-16+,21-19+,24-22+. The Morgan fingerprint density at radius 3 is 1.88 bits per heavy atom. The zero-order valence-corrected chi connectivity index (χ0v) is 30.4. The fraction of sp³-hybridized carbons (Fsp3) is 0.575. The number of carbonyl (C=O) groups excluding carboxylic acids is 2. The molecule has 48 heavy (non-hydrogen) atoms. The number of unbranched alkanes of at least 4 members (excludes halogenated alkanes) is 4. The van der Waals surface area contributed by atoms with Crippen molar-refractivity contribution in [1.82, 2.24) is 0 Å². The van der Waals surface area contributed by atoms with Crippen LogP contribution in [0.25, 0.3) is 0 Å². The van der Waals surface area contributed by atoms with Crippen LogP contribution in [0.15, 0.2) is 85.1 Å². The van der Waals surface area contributed by atoms with Crippen LogP contribution in [0.4, 0.5) is 0 Å². The van der Waals surface area contributed by atoms with Crippen LogP contribution >= 0.6 is 0 Å². The minimum atomic E-state index is -0.895. The Labute approximate surface area is 291 Å². The number of allylic oxidation sites excluding steroid dienone is 14. The predicted octanol–water partition coefficient (Wildman–Crippen LogP) is 8.62. The van der Waals surface area contributed by atoms with Crippen molar-refractivity contribution < 1.29 is 38.2 Å². The summed E-state index contributed by atoms with van der Waals surface area (Å²) in [7, 11) is 5.47. The highest BCUT2D eigenvalue weighted by Crippen LogP contribution is 2.11. The van der Waals surface area contributed by atoms with Crippen LogP contribution in [-0.4, -0.2) is 80.6 Å². The van der Waals surface area contributed by atoms with E-state index in [-0.39, 0.29) is 49.1 Å². The van der Waals surface area contributed by atoms with Crippen molar-refractivity contribution in [2.24, 2.45) is 0 Å². The van der Waals surface area contributed by atoms with Crippen LogP contribution < -0.4 is 0 Å². The molecule has 2 atom stereocenters. The average Bonchev–Trinajstić information content (AvgIpc) is 3.03. The maximum absolute atomic E-state index is 12.6. The van der Waals surface area contributed by atoms with Gasteiger partial charge in [-0.1, -0.05) is 105 Å². The largest absolute Gasteiger partial charge is 0.477 e. The predicted molar refractivity (Wildman–Crippen MR) is 196 cm³/mol. The van der Waals surface area contributed by atoms with Gasteiger partial charge in [0.2, 0.25) is 0 Å². The Balaban J connectivity index is 4.64. The van der Waals surface area contributed by atoms with Crippen molar-refractivity contribution in [3.63, 3.8) is 0 Å². The fourth-order valence-corrected chi connectivity index (χ4v) is 4.42. The van der Waals surface area contributed by atoms with Crippen molar-refractivity contribution in [3.8, 4) is 0 Å². The molecular formula is C40H64NO7+. The second-order valence-corrected chi connectivity index (χ2v) is 12.4. The molecular weight excluding hydrogens is 606 g/mol. The summed E-state index contributed by atoms with van der Waals surface area (Å²) in [6, 6.07) is -0.632. The molecule has 1 N–H and O–H groups in total. The maximum Gasteiger partial charge on any atom is 0.362 e. The number of hydrogen-bond acceptors (Lipinski definition) is 6. The molecule has 0 aliphatic heterocycles. The molecule has 8 nitrogen and oxygen atoms in total. The number of rotatable bonds is 29. The SMILES string of the molecule is CC/C=C/C=C/C=C/C=C/CCCCCC(=O)OC(COCCC(C(=O)O)[N+](C)(C)C)COC(=O)CCC/C=C/C/C=C/C/C=C/CC. The van der Waals surface area contributed by atoms with Crippen LogP contribution in [0, 0.1) is 0 Å². The number of ether oxygens (including phenoxy) is 3. The summed E-state index contributed by atoms with van der Waals surface area (Å²) in [5, 5.41) is 9.56. The second-order valence-electron chi connectivity index (χ2n) is 12.4. The topological polar surface area (TPSA) is 99.1 Å². The molecule has 0 spiro atoms. The minimum Gasteiger partial charge on any atom is -0.477 e. The number of carbonyl (C=O) groups is 3. The normalized spacial score (nSPS) is 14.1. The van der Waals surface area contributed by atoms with E-state index in [1.165, 1.54) is 0 Å². The fourth-order valence-electron chi connectivity index (χ4n) is 4.42. The monoisotopic (exact) mass is 670 g/mol. The van der Waals surface area contributed by atoms with E-state index >= 15 is 0 Å². The summed E-state index contributed by atoms with van der Waals surface area (Å²) < 4.78 is 17.0. The third kappa shape index (κ3) is 28.7. The molecule has 0 aromatic rings. The van der Waals surface area contributed by atoms with E-state index in [2.05, 4.69) is 62.5 Å². The number of hydrogen-bond donors (Lipinski definition) is 1. The van der Waals surface area contributed by atoms with Crippen molar-refractivity contribution >= 4 is 17.9 Å². The lowest BCUT2D eigenvalue weighted by Gasteiger charge is -2.31. The molecule has 0 amide bonds. The van der Waals surface area contributed by atoms with Crippen LogP contribution in [0.1, 0.15) is 97.3 Å². The molecule has 0 bridgehead atoms. The van der Waals surface area contributed by atoms with Crippen LogP contribution in [0.5, 0.6) is 0 Å². The quantitative estimate of drug-likeness (QED) is 0.0280. The third-order valence-corrected chi connectivity index (χ3v) is 7.13. The van der Waals surface area contributed by atoms with Gasteiger partial charge < -0.3 is 23.8 Å². The van der Waals surface area contributed by atoms with Gasteiger partial charge in [0.05, 0.1) is 34.4 Å². The van der Waals surface area contributed by atoms with E-state index in [4.69, 9.17) is 14.2 Å². The molecule has 0 heterocycles. The molecule has 0 saturated carbocycles. The summed E-state index contributed by atoms with van der Waals surface area (Å²) in [5.41, 5.74) is 0. The molecule has 0 saturated heterocycles. The molecule has 0 radical (unpaired) electrons. The van der Waals surface area contributed by atoms with Crippen molar-refractivity contribution in [3.05, 3.63) is 85.1 Å². The van der Waals surface area contributed by atoms with Crippen molar-refractivity contribution in [2.75, 3.05) is 41.0 Å². The first-order valence-corrected chi connectivity index (χ1v) is 17.7. The minimum absolute atomic E-state index is 0.0232. The number of nitrogens with zero attached hydrogens (tertiary/aromatic N) is 1. The summed E-state index contributed by atoms with van der Waals surface area (Å²) in [5.74, 6) is -1.61. The number of carboxylic acids is 1. The zero-order valence-electron chi connectivity index (χ0n) is 30.4. The summed E-state index contributed by atoms with van der Waals surface area (Å²) in [6.45, 7) is 4.32. The van der Waals surface area contributed by atoms with Gasteiger partial charge >= 0.3 is 17.9 Å². The summed E-state index contributed by atoms with van der Waals surface area (Å²) >= 11 is 0. The zero-order chi connectivity index (χ0) is 35.7. The molecule has 0 aliphatic rings. The lowest BCUT2D eigenvalue weighted by atomic mass is 10.1. The number of likely N-dealkylation sites (N-methyl/N-ethyl adjacent to an activating group) is 1. The number of esters is 2. The Bertz CT molecular complexity index is 1060. The van der Waals surface area contributed by atoms with Crippen molar-refractivity contribution in [2.45, 2.75) is 109 Å². The van der Waals surface area contributed by atoms with Gasteiger partial charge in [0, 0.05) is 19.3 Å². The molecule has 0 aliphatic carbocycles. The first kappa shape index (κ1) is 44.5. The van der Waals surface area contributed by atoms with Crippen LogP contribution in [-0.2, 0) is 28.6 Å². The summed E-state index contributed by atoms with van der Waals surface area (Å²) in [4.78, 5) is 36.6. The maximum atomic E-state index is 12.6. The molecule has 0 aromatic heterocycles. The lowest BCUT2D eigenvalue weighted by Crippen LogP contribution is -2.50. The molecule has 270 valence electrons. The second kappa shape index (κ2) is 30.8. The van der Waals surface area contributed by atoms with Gasteiger partial charge in [0.15, 0.2) is 12.1 Å². The number of quaternary nitrogens is 1. The van der Waals surface area contributed by atoms with Crippen LogP contribution in [0.2, 0.25) is 0 Å². The lowest BCUT2D eigenvalue weighted by molar-refractivity contribution is -0.887. The highest BCUT2D eigenvalue weighted by atomic mass is 16.6. The van der Waals surface area contributed by atoms with E-state index in [9.17, 15) is 19.5 Å². The Morgan fingerprint density at radius 2 is 1.23 bits per heavy atom. The molecule has 8 heteroatoms. The van der Waals surface area contributed by atoms with Gasteiger partial charge in [-0.3, -0.25) is 9.59 Å². The first-order valence-electron chi connectivity index (χ1n) is 17.7. The van der Waals surface area contributed by atoms with E-state index in [1.807, 2.05) is 57.6 Å². The average molecular weight is 671 g/mol. The molecule has 0 fully saturated rings. The Morgan fingerprint density at radius 1 is 0.646 bits per heavy atom. The van der Waals surface area contributed by atoms with Gasteiger partial charge in [-0.15, -0.1) is 0 Å². The van der Waals surface area contributed by atoms with E-state index in [1.54, 1.807) is 0 Å². The Kier molecular flexibility index (Phi) is 28.6. The van der Waals surface area contributed by atoms with Gasteiger partial charge in [0.25, 0.3) is 0 Å². The first-order chi connectivity index (χ1) is 23.1. The highest BCUT2D eigenvalue weighted by molar-refractivity contribution is 5.72. The Hall–Kier alpha value is -3.49. The van der Waals surface area contributed by atoms with Gasteiger partial charge in [-0.2, -0.15) is 0 Å².